The third kappa shape index (κ3) is 5.92. The van der Waals surface area contributed by atoms with Crippen LogP contribution in [0.4, 0.5) is 0 Å². The van der Waals surface area contributed by atoms with Crippen molar-refractivity contribution in [3.05, 3.63) is 0 Å². The molecule has 0 aromatic carbocycles. The van der Waals surface area contributed by atoms with Crippen LogP contribution >= 0.6 is 0 Å². The maximum absolute atomic E-state index is 12.6. The zero-order chi connectivity index (χ0) is 30.8. The highest BCUT2D eigenvalue weighted by atomic mass is 32.2. The summed E-state index contributed by atoms with van der Waals surface area (Å²) in [4.78, 5) is 12.6. The fraction of sp³-hybridized carbons (Fsp3) is 0.966. The van der Waals surface area contributed by atoms with Crippen molar-refractivity contribution in [2.75, 3.05) is 12.2 Å². The van der Waals surface area contributed by atoms with Crippen LogP contribution < -0.4 is 5.32 Å². The number of aliphatic hydroxyl groups excluding tert-OH is 2. The fourth-order valence-electron chi connectivity index (χ4n) is 9.53. The Morgan fingerprint density at radius 1 is 1.03 bits per heavy atom. The van der Waals surface area contributed by atoms with Crippen LogP contribution in [0.25, 0.3) is 0 Å². The van der Waals surface area contributed by atoms with Crippen molar-refractivity contribution in [1.29, 1.82) is 0 Å². The molecule has 214 valence electrons. The normalized spacial score (nSPS) is 45.6. The van der Waals surface area contributed by atoms with E-state index in [1.807, 2.05) is 5.32 Å². The van der Waals surface area contributed by atoms with Crippen molar-refractivity contribution < 1.29 is 33.5 Å². The molecule has 0 radical (unpaired) electrons. The largest absolute Gasteiger partial charge is 0.393 e. The van der Waals surface area contributed by atoms with E-state index in [-0.39, 0.29) is 23.0 Å². The first-order valence-corrected chi connectivity index (χ1v) is 15.9. The Hall–Kier alpha value is -0.700. The molecule has 0 spiro atoms. The third-order valence-electron chi connectivity index (χ3n) is 11.5. The second-order valence-corrected chi connectivity index (χ2v) is 14.6. The minimum Gasteiger partial charge on any atom is -0.393 e. The van der Waals surface area contributed by atoms with Gasteiger partial charge in [0.05, 0.1) is 20.7 Å². The molecule has 4 saturated carbocycles. The minimum absolute atomic E-state index is 0.152. The van der Waals surface area contributed by atoms with Gasteiger partial charge in [-0.15, -0.1) is 0 Å². The summed E-state index contributed by atoms with van der Waals surface area (Å²) >= 11 is 0. The Kier molecular flexibility index (Phi) is 7.21. The first kappa shape index (κ1) is 24.1. The van der Waals surface area contributed by atoms with Crippen LogP contribution in [-0.4, -0.2) is 53.5 Å². The number of hydrogen-bond donors (Lipinski definition) is 4. The Morgan fingerprint density at radius 2 is 1.70 bits per heavy atom. The lowest BCUT2D eigenvalue weighted by molar-refractivity contribution is -0.174. The van der Waals surface area contributed by atoms with E-state index in [0.29, 0.717) is 41.9 Å². The molecule has 37 heavy (non-hydrogen) atoms. The average Bonchev–Trinajstić information content (AvgIpc) is 3.21. The van der Waals surface area contributed by atoms with Crippen LogP contribution in [-0.2, 0) is 14.9 Å². The molecule has 4 N–H and O–H groups in total. The van der Waals surface area contributed by atoms with Gasteiger partial charge in [-0.1, -0.05) is 40.5 Å². The van der Waals surface area contributed by atoms with E-state index < -0.39 is 34.1 Å². The summed E-state index contributed by atoms with van der Waals surface area (Å²) in [7, 11) is -5.39. The van der Waals surface area contributed by atoms with Crippen molar-refractivity contribution in [3.8, 4) is 0 Å². The lowest BCUT2D eigenvalue weighted by Gasteiger charge is -2.62. The molecule has 4 rings (SSSR count). The van der Waals surface area contributed by atoms with Gasteiger partial charge in [0, 0.05) is 15.2 Å². The maximum atomic E-state index is 12.6. The van der Waals surface area contributed by atoms with E-state index >= 15 is 0 Å². The number of rotatable bonds is 9. The van der Waals surface area contributed by atoms with Gasteiger partial charge < -0.3 is 15.5 Å². The van der Waals surface area contributed by atoms with Gasteiger partial charge in [0.25, 0.3) is 10.1 Å². The Morgan fingerprint density at radius 3 is 2.41 bits per heavy atom. The predicted molar refractivity (Wildman–Crippen MR) is 144 cm³/mol. The zero-order valence-electron chi connectivity index (χ0n) is 26.9. The van der Waals surface area contributed by atoms with E-state index in [4.69, 9.17) is 10.0 Å². The van der Waals surface area contributed by atoms with Crippen LogP contribution in [0.2, 0.25) is 0 Å². The molecule has 0 aromatic rings. The maximum Gasteiger partial charge on any atom is 0.266 e. The fourth-order valence-corrected chi connectivity index (χ4v) is 9.71. The van der Waals surface area contributed by atoms with Crippen LogP contribution in [0, 0.1) is 52.3 Å². The van der Waals surface area contributed by atoms with Gasteiger partial charge in [0.2, 0.25) is 5.91 Å². The summed E-state index contributed by atoms with van der Waals surface area (Å²) in [6.07, 6.45) is 9.54. The Bertz CT molecular complexity index is 1090. The predicted octanol–water partition coefficient (Wildman–Crippen LogP) is 4.42. The molecular weight excluding hydrogens is 490 g/mol. The molecule has 1 amide bonds. The summed E-state index contributed by atoms with van der Waals surface area (Å²) in [5, 5.41) is 23.6. The summed E-state index contributed by atoms with van der Waals surface area (Å²) in [5.41, 5.74) is -3.33. The number of carbonyl (C=O) groups is 1. The Balaban J connectivity index is 1.34. The molecule has 0 bridgehead atoms. The number of hydrogen-bond acceptors (Lipinski definition) is 5. The number of fused-ring (bicyclic) bond motifs is 5. The number of nitrogens with one attached hydrogen (secondary N) is 1. The van der Waals surface area contributed by atoms with E-state index in [2.05, 4.69) is 20.8 Å². The molecule has 7 nitrogen and oxygen atoms in total. The summed E-state index contributed by atoms with van der Waals surface area (Å²) in [6, 6.07) is 0. The number of aliphatic hydroxyl groups is 2. The topological polar surface area (TPSA) is 124 Å². The van der Waals surface area contributed by atoms with E-state index in [1.54, 1.807) is 6.92 Å². The van der Waals surface area contributed by atoms with Crippen LogP contribution in [0.15, 0.2) is 0 Å². The quantitative estimate of drug-likeness (QED) is 0.318. The van der Waals surface area contributed by atoms with Crippen molar-refractivity contribution in [1.82, 2.24) is 5.32 Å². The molecule has 0 aromatic heterocycles. The van der Waals surface area contributed by atoms with Crippen molar-refractivity contribution in [2.24, 2.45) is 52.3 Å². The molecule has 0 saturated heterocycles. The number of amides is 1. The highest BCUT2D eigenvalue weighted by Gasteiger charge is 2.62. The molecular formula is C29H51NO6S. The molecule has 0 unspecified atom stereocenters. The van der Waals surface area contributed by atoms with Crippen molar-refractivity contribution in [2.45, 2.75) is 111 Å². The average molecular weight is 546 g/mol. The molecule has 4 fully saturated rings. The first-order valence-electron chi connectivity index (χ1n) is 16.4. The third-order valence-corrected chi connectivity index (χ3v) is 11.9. The molecule has 11 atom stereocenters. The second-order valence-electron chi connectivity index (χ2n) is 13.5. The summed E-state index contributed by atoms with van der Waals surface area (Å²) in [5.74, 6) is 1.16. The van der Waals surface area contributed by atoms with Gasteiger partial charge in [-0.25, -0.2) is 0 Å². The molecule has 4 aliphatic rings. The van der Waals surface area contributed by atoms with E-state index in [9.17, 15) is 23.4 Å². The smallest absolute Gasteiger partial charge is 0.266 e. The van der Waals surface area contributed by atoms with Crippen molar-refractivity contribution in [3.63, 3.8) is 0 Å². The van der Waals surface area contributed by atoms with E-state index in [0.717, 1.165) is 64.2 Å². The summed E-state index contributed by atoms with van der Waals surface area (Å²) in [6.45, 7) is 5.44. The van der Waals surface area contributed by atoms with Crippen LogP contribution in [0.5, 0.6) is 0 Å². The SMILES string of the molecule is [2H]C([2H])(NC(=O)[C@H](C)CCC[C@@H](C)[C@H]1CC[C@H]2[C@@H]3[C@H](O)C[C@@H]4C[C@H](O)CC[C@]4(C)[C@H]3CC[C@]12C)C([2H])([2H])S(=O)(=O)O. The van der Waals surface area contributed by atoms with Gasteiger partial charge in [-0.05, 0) is 104 Å². The molecule has 8 heteroatoms. The standard InChI is InChI=1S/C29H51NO6S/c1-18(6-5-7-19(2)27(33)30-14-15-37(34,35)36)22-8-9-23-26-24(11-13-29(22,23)4)28(3)12-10-21(31)16-20(28)17-25(26)32/h18-26,31-32H,5-17H2,1-4H3,(H,30,33)(H,34,35,36)/t18-,19-,20+,21-,22-,23+,24+,25-,26+,28+,29-/m1/s1/i14D2,15D2. The van der Waals surface area contributed by atoms with Gasteiger partial charge in [-0.2, -0.15) is 8.42 Å². The first-order chi connectivity index (χ1) is 18.8. The molecule has 4 aliphatic carbocycles. The highest BCUT2D eigenvalue weighted by Crippen LogP contribution is 2.68. The van der Waals surface area contributed by atoms with Crippen LogP contribution in [0.3, 0.4) is 0 Å². The summed E-state index contributed by atoms with van der Waals surface area (Å²) < 4.78 is 62.0. The van der Waals surface area contributed by atoms with E-state index in [1.165, 1.54) is 0 Å². The lowest BCUT2D eigenvalue weighted by atomic mass is 9.43. The van der Waals surface area contributed by atoms with Gasteiger partial charge in [0.1, 0.15) is 0 Å². The van der Waals surface area contributed by atoms with Crippen LogP contribution in [0.1, 0.15) is 104 Å². The Labute approximate surface area is 229 Å². The minimum atomic E-state index is -5.39. The number of carbonyl (C=O) groups excluding carboxylic acids is 1. The zero-order valence-corrected chi connectivity index (χ0v) is 23.8. The lowest BCUT2D eigenvalue weighted by Crippen LogP contribution is -2.58. The second kappa shape index (κ2) is 11.1. The highest BCUT2D eigenvalue weighted by molar-refractivity contribution is 7.85. The van der Waals surface area contributed by atoms with Gasteiger partial charge in [0.15, 0.2) is 0 Å². The monoisotopic (exact) mass is 545 g/mol. The molecule has 0 aliphatic heterocycles. The van der Waals surface area contributed by atoms with Crippen molar-refractivity contribution >= 4 is 16.0 Å². The molecule has 0 heterocycles. The van der Waals surface area contributed by atoms with Gasteiger partial charge in [-0.3, -0.25) is 9.35 Å². The van der Waals surface area contributed by atoms with Gasteiger partial charge >= 0.3 is 0 Å².